The molecule has 5 nitrogen and oxygen atoms in total. The van der Waals surface area contributed by atoms with Crippen molar-refractivity contribution in [2.24, 2.45) is 0 Å². The quantitative estimate of drug-likeness (QED) is 0.555. The topological polar surface area (TPSA) is 104 Å². The summed E-state index contributed by atoms with van der Waals surface area (Å²) >= 11 is 0. The molecule has 6 heteroatoms. The van der Waals surface area contributed by atoms with E-state index in [0.717, 1.165) is 12.1 Å². The van der Waals surface area contributed by atoms with Crippen molar-refractivity contribution >= 4 is 11.7 Å². The molecule has 0 heterocycles. The zero-order chi connectivity index (χ0) is 12.3. The van der Waals surface area contributed by atoms with Crippen molar-refractivity contribution in [2.75, 3.05) is 5.73 Å². The fourth-order valence-electron chi connectivity index (χ4n) is 1.32. The van der Waals surface area contributed by atoms with E-state index in [2.05, 4.69) is 0 Å². The highest BCUT2D eigenvalue weighted by molar-refractivity contribution is 5.67. The Hall–Kier alpha value is -1.66. The molecule has 1 rings (SSSR count). The van der Waals surface area contributed by atoms with Gasteiger partial charge in [-0.2, -0.15) is 0 Å². The minimum absolute atomic E-state index is 0.0475. The van der Waals surface area contributed by atoms with Gasteiger partial charge in [0.2, 0.25) is 0 Å². The molecule has 0 radical (unpaired) electrons. The Kier molecular flexibility index (Phi) is 3.81. The highest BCUT2D eigenvalue weighted by atomic mass is 19.1. The van der Waals surface area contributed by atoms with E-state index in [1.807, 2.05) is 0 Å². The molecule has 16 heavy (non-hydrogen) atoms. The van der Waals surface area contributed by atoms with Crippen LogP contribution in [0.2, 0.25) is 0 Å². The van der Waals surface area contributed by atoms with E-state index in [4.69, 9.17) is 10.8 Å². The molecule has 2 unspecified atom stereocenters. The van der Waals surface area contributed by atoms with Gasteiger partial charge >= 0.3 is 5.97 Å². The lowest BCUT2D eigenvalue weighted by molar-refractivity contribution is -0.141. The van der Waals surface area contributed by atoms with Gasteiger partial charge in [0.05, 0.1) is 12.5 Å². The molecule has 0 aromatic heterocycles. The molecule has 0 spiro atoms. The van der Waals surface area contributed by atoms with Gasteiger partial charge < -0.3 is 21.1 Å². The lowest BCUT2D eigenvalue weighted by Crippen LogP contribution is -2.22. The van der Waals surface area contributed by atoms with E-state index in [9.17, 15) is 19.4 Å². The Morgan fingerprint density at radius 3 is 2.50 bits per heavy atom. The Balaban J connectivity index is 2.86. The number of rotatable bonds is 4. The normalized spacial score (nSPS) is 14.4. The summed E-state index contributed by atoms with van der Waals surface area (Å²) < 4.78 is 12.9. The van der Waals surface area contributed by atoms with Gasteiger partial charge in [-0.15, -0.1) is 0 Å². The predicted octanol–water partition coefficient (Wildman–Crippen LogP) is 0.277. The van der Waals surface area contributed by atoms with E-state index in [0.29, 0.717) is 0 Å². The van der Waals surface area contributed by atoms with Crippen molar-refractivity contribution in [1.29, 1.82) is 0 Å². The SMILES string of the molecule is Nc1cc(F)cc(C(O)C(O)CC(=O)O)c1. The third-order valence-corrected chi connectivity index (χ3v) is 2.03. The first kappa shape index (κ1) is 12.4. The number of aliphatic hydroxyl groups excluding tert-OH is 2. The zero-order valence-corrected chi connectivity index (χ0v) is 8.30. The summed E-state index contributed by atoms with van der Waals surface area (Å²) in [6, 6.07) is 3.32. The number of anilines is 1. The van der Waals surface area contributed by atoms with E-state index in [1.54, 1.807) is 0 Å². The number of benzene rings is 1. The summed E-state index contributed by atoms with van der Waals surface area (Å²) in [6.45, 7) is 0. The van der Waals surface area contributed by atoms with Crippen LogP contribution in [0.4, 0.5) is 10.1 Å². The Bertz CT molecular complexity index is 376. The number of hydrogen-bond acceptors (Lipinski definition) is 4. The predicted molar refractivity (Wildman–Crippen MR) is 54.0 cm³/mol. The second-order valence-electron chi connectivity index (χ2n) is 3.43. The number of halogens is 1. The van der Waals surface area contributed by atoms with Gasteiger partial charge in [0.15, 0.2) is 0 Å². The number of carboxylic acid groups (broad SMARTS) is 1. The van der Waals surface area contributed by atoms with Crippen LogP contribution in [0.15, 0.2) is 18.2 Å². The maximum atomic E-state index is 12.9. The van der Waals surface area contributed by atoms with Gasteiger partial charge in [-0.05, 0) is 23.8 Å². The van der Waals surface area contributed by atoms with Crippen LogP contribution in [0, 0.1) is 5.82 Å². The number of carbonyl (C=O) groups is 1. The fourth-order valence-corrected chi connectivity index (χ4v) is 1.32. The summed E-state index contributed by atoms with van der Waals surface area (Å²) in [7, 11) is 0. The Morgan fingerprint density at radius 1 is 1.38 bits per heavy atom. The van der Waals surface area contributed by atoms with Gasteiger partial charge in [0.25, 0.3) is 0 Å². The molecule has 0 aliphatic carbocycles. The minimum atomic E-state index is -1.50. The highest BCUT2D eigenvalue weighted by Crippen LogP contribution is 2.22. The molecule has 0 saturated carbocycles. The summed E-state index contributed by atoms with van der Waals surface area (Å²) in [4.78, 5) is 10.3. The molecular formula is C10H12FNO4. The number of hydrogen-bond donors (Lipinski definition) is 4. The molecule has 2 atom stereocenters. The first-order chi connectivity index (χ1) is 7.40. The summed E-state index contributed by atoms with van der Waals surface area (Å²) in [5, 5.41) is 27.3. The molecule has 0 aliphatic rings. The number of carboxylic acids is 1. The molecule has 1 aromatic rings. The first-order valence-corrected chi connectivity index (χ1v) is 4.54. The maximum absolute atomic E-state index is 12.9. The van der Waals surface area contributed by atoms with Crippen molar-refractivity contribution < 1.29 is 24.5 Å². The zero-order valence-electron chi connectivity index (χ0n) is 8.30. The van der Waals surface area contributed by atoms with Crippen molar-refractivity contribution in [3.63, 3.8) is 0 Å². The molecule has 5 N–H and O–H groups in total. The molecule has 1 aromatic carbocycles. The molecule has 0 saturated heterocycles. The lowest BCUT2D eigenvalue weighted by Gasteiger charge is -2.16. The van der Waals surface area contributed by atoms with Crippen LogP contribution >= 0.6 is 0 Å². The van der Waals surface area contributed by atoms with E-state index < -0.39 is 30.4 Å². The average molecular weight is 229 g/mol. The monoisotopic (exact) mass is 229 g/mol. The van der Waals surface area contributed by atoms with Crippen LogP contribution in [0.1, 0.15) is 18.1 Å². The number of nitrogens with two attached hydrogens (primary N) is 1. The lowest BCUT2D eigenvalue weighted by atomic mass is 10.0. The van der Waals surface area contributed by atoms with Crippen LogP contribution in [-0.2, 0) is 4.79 Å². The molecular weight excluding hydrogens is 217 g/mol. The molecule has 0 fully saturated rings. The van der Waals surface area contributed by atoms with Crippen LogP contribution < -0.4 is 5.73 Å². The van der Waals surface area contributed by atoms with Crippen LogP contribution in [0.25, 0.3) is 0 Å². The molecule has 0 amide bonds. The average Bonchev–Trinajstić information content (AvgIpc) is 2.13. The third-order valence-electron chi connectivity index (χ3n) is 2.03. The molecule has 88 valence electrons. The number of aliphatic carboxylic acids is 1. The minimum Gasteiger partial charge on any atom is -0.481 e. The summed E-state index contributed by atoms with van der Waals surface area (Å²) in [5.74, 6) is -1.91. The fraction of sp³-hybridized carbons (Fsp3) is 0.300. The van der Waals surface area contributed by atoms with Gasteiger partial charge in [0.1, 0.15) is 11.9 Å². The van der Waals surface area contributed by atoms with Gasteiger partial charge in [-0.1, -0.05) is 0 Å². The number of nitrogen functional groups attached to an aromatic ring is 1. The van der Waals surface area contributed by atoms with E-state index >= 15 is 0 Å². The van der Waals surface area contributed by atoms with Crippen LogP contribution in [0.3, 0.4) is 0 Å². The van der Waals surface area contributed by atoms with Crippen molar-refractivity contribution in [1.82, 2.24) is 0 Å². The van der Waals surface area contributed by atoms with Crippen LogP contribution in [-0.4, -0.2) is 27.4 Å². The second kappa shape index (κ2) is 4.91. The number of aliphatic hydroxyl groups is 2. The van der Waals surface area contributed by atoms with Gasteiger partial charge in [-0.25, -0.2) is 4.39 Å². The van der Waals surface area contributed by atoms with Gasteiger partial charge in [0, 0.05) is 5.69 Å². The van der Waals surface area contributed by atoms with Crippen molar-refractivity contribution in [3.8, 4) is 0 Å². The van der Waals surface area contributed by atoms with E-state index in [1.165, 1.54) is 6.07 Å². The van der Waals surface area contributed by atoms with Gasteiger partial charge in [-0.3, -0.25) is 4.79 Å². The second-order valence-corrected chi connectivity index (χ2v) is 3.43. The van der Waals surface area contributed by atoms with Crippen LogP contribution in [0.5, 0.6) is 0 Å². The third kappa shape index (κ3) is 3.18. The molecule has 0 bridgehead atoms. The molecule has 0 aliphatic heterocycles. The Labute approximate surface area is 90.9 Å². The highest BCUT2D eigenvalue weighted by Gasteiger charge is 2.21. The summed E-state index contributed by atoms with van der Waals surface area (Å²) in [5.41, 5.74) is 5.49. The maximum Gasteiger partial charge on any atom is 0.306 e. The van der Waals surface area contributed by atoms with Crippen molar-refractivity contribution in [2.45, 2.75) is 18.6 Å². The largest absolute Gasteiger partial charge is 0.481 e. The summed E-state index contributed by atoms with van der Waals surface area (Å²) in [6.07, 6.45) is -3.61. The standard InChI is InChI=1S/C10H12FNO4/c11-6-1-5(2-7(12)3-6)10(16)8(13)4-9(14)15/h1-3,8,10,13,16H,4,12H2,(H,14,15). The smallest absolute Gasteiger partial charge is 0.306 e. The van der Waals surface area contributed by atoms with E-state index in [-0.39, 0.29) is 11.3 Å². The Morgan fingerprint density at radius 2 is 2.00 bits per heavy atom. The van der Waals surface area contributed by atoms with Crippen molar-refractivity contribution in [3.05, 3.63) is 29.6 Å². The first-order valence-electron chi connectivity index (χ1n) is 4.54.